The second-order valence-electron chi connectivity index (χ2n) is 8.92. The van der Waals surface area contributed by atoms with E-state index in [1.807, 2.05) is 44.2 Å². The Labute approximate surface area is 219 Å². The molecule has 198 valence electrons. The minimum Gasteiger partial charge on any atom is -0.495 e. The first kappa shape index (κ1) is 29.5. The normalized spacial score (nSPS) is 12.2. The lowest BCUT2D eigenvalue weighted by Gasteiger charge is -2.30. The van der Waals surface area contributed by atoms with Gasteiger partial charge < -0.3 is 15.0 Å². The molecule has 0 aliphatic rings. The first-order valence-corrected chi connectivity index (χ1v) is 14.1. The Hall–Kier alpha value is -2.78. The molecule has 0 aliphatic carbocycles. The van der Waals surface area contributed by atoms with Crippen LogP contribution in [-0.4, -0.2) is 63.7 Å². The summed E-state index contributed by atoms with van der Waals surface area (Å²) in [5.41, 5.74) is 1.45. The van der Waals surface area contributed by atoms with Crippen molar-refractivity contribution in [3.8, 4) is 5.75 Å². The molecule has 0 unspecified atom stereocenters. The highest BCUT2D eigenvalue weighted by Gasteiger charge is 2.26. The molecule has 0 heterocycles. The van der Waals surface area contributed by atoms with Gasteiger partial charge in [0.2, 0.25) is 21.8 Å². The van der Waals surface area contributed by atoms with E-state index >= 15 is 0 Å². The summed E-state index contributed by atoms with van der Waals surface area (Å²) in [6.45, 7) is 5.91. The molecule has 2 amide bonds. The van der Waals surface area contributed by atoms with E-state index in [1.165, 1.54) is 17.5 Å². The van der Waals surface area contributed by atoms with Gasteiger partial charge >= 0.3 is 0 Å². The van der Waals surface area contributed by atoms with Crippen LogP contribution in [0.1, 0.15) is 39.2 Å². The van der Waals surface area contributed by atoms with Crippen LogP contribution in [0.15, 0.2) is 48.5 Å². The monoisotopic (exact) mass is 537 g/mol. The Kier molecular flexibility index (Phi) is 11.0. The number of rotatable bonds is 13. The molecule has 10 heteroatoms. The maximum Gasteiger partial charge on any atom is 0.242 e. The molecule has 0 radical (unpaired) electrons. The molecule has 0 fully saturated rings. The van der Waals surface area contributed by atoms with Gasteiger partial charge in [-0.05, 0) is 57.4 Å². The van der Waals surface area contributed by atoms with Crippen LogP contribution in [0.25, 0.3) is 0 Å². The van der Waals surface area contributed by atoms with Crippen LogP contribution in [-0.2, 0) is 26.0 Å². The van der Waals surface area contributed by atoms with Crippen molar-refractivity contribution in [3.63, 3.8) is 0 Å². The number of carbonyl (C=O) groups excluding carboxylic acids is 2. The summed E-state index contributed by atoms with van der Waals surface area (Å²) in [4.78, 5) is 27.5. The number of anilines is 1. The highest BCUT2D eigenvalue weighted by atomic mass is 35.5. The zero-order valence-electron chi connectivity index (χ0n) is 21.5. The predicted molar refractivity (Wildman–Crippen MR) is 144 cm³/mol. The molecule has 0 saturated carbocycles. The molecule has 0 saturated heterocycles. The molecule has 2 aromatic rings. The van der Waals surface area contributed by atoms with E-state index in [1.54, 1.807) is 24.0 Å². The molecule has 0 aliphatic heterocycles. The topological polar surface area (TPSA) is 96.0 Å². The van der Waals surface area contributed by atoms with Gasteiger partial charge in [0.25, 0.3) is 0 Å². The number of benzene rings is 2. The van der Waals surface area contributed by atoms with Gasteiger partial charge in [0.1, 0.15) is 11.8 Å². The summed E-state index contributed by atoms with van der Waals surface area (Å²) in [6, 6.07) is 13.8. The van der Waals surface area contributed by atoms with Gasteiger partial charge in [0.05, 0.1) is 24.1 Å². The summed E-state index contributed by atoms with van der Waals surface area (Å²) in [5, 5.41) is 3.15. The average Bonchev–Trinajstić information content (AvgIpc) is 2.81. The van der Waals surface area contributed by atoms with Gasteiger partial charge in [0, 0.05) is 25.6 Å². The van der Waals surface area contributed by atoms with Crippen molar-refractivity contribution in [2.45, 2.75) is 52.1 Å². The Balaban J connectivity index is 2.13. The van der Waals surface area contributed by atoms with Gasteiger partial charge in [-0.1, -0.05) is 41.9 Å². The van der Waals surface area contributed by atoms with E-state index in [0.29, 0.717) is 24.4 Å². The maximum atomic E-state index is 13.2. The third-order valence-corrected chi connectivity index (χ3v) is 7.15. The number of amides is 2. The SMILES string of the molecule is COc1ccc(N(CCCC(=O)N(CCc2ccccc2)[C@@H](C)C(=O)NC(C)C)S(C)(=O)=O)cc1Cl. The number of halogens is 1. The minimum absolute atomic E-state index is 0.0503. The van der Waals surface area contributed by atoms with Crippen molar-refractivity contribution in [2.24, 2.45) is 0 Å². The number of hydrogen-bond donors (Lipinski definition) is 1. The van der Waals surface area contributed by atoms with Gasteiger partial charge in [0.15, 0.2) is 0 Å². The van der Waals surface area contributed by atoms with Crippen LogP contribution < -0.4 is 14.4 Å². The smallest absolute Gasteiger partial charge is 0.242 e. The zero-order valence-corrected chi connectivity index (χ0v) is 23.1. The Bertz CT molecular complexity index is 1130. The second-order valence-corrected chi connectivity index (χ2v) is 11.2. The van der Waals surface area contributed by atoms with Gasteiger partial charge in [-0.3, -0.25) is 13.9 Å². The Morgan fingerprint density at radius 2 is 1.72 bits per heavy atom. The summed E-state index contributed by atoms with van der Waals surface area (Å²) < 4.78 is 31.3. The molecule has 2 rings (SSSR count). The molecule has 2 aromatic carbocycles. The van der Waals surface area contributed by atoms with E-state index in [-0.39, 0.29) is 42.3 Å². The number of sulfonamides is 1. The fourth-order valence-corrected chi connectivity index (χ4v) is 5.00. The van der Waals surface area contributed by atoms with E-state index < -0.39 is 16.1 Å². The van der Waals surface area contributed by atoms with Crippen LogP contribution >= 0.6 is 11.6 Å². The quantitative estimate of drug-likeness (QED) is 0.418. The molecule has 1 atom stereocenters. The standard InChI is InChI=1S/C26H36ClN3O5S/c1-19(2)28-26(32)20(3)29(17-15-21-10-7-6-8-11-21)25(31)12-9-16-30(36(5,33)34)22-13-14-24(35-4)23(27)18-22/h6-8,10-11,13-14,18-20H,9,12,15-17H2,1-5H3,(H,28,32)/t20-/m0/s1. The number of nitrogens with zero attached hydrogens (tertiary/aromatic N) is 2. The number of carbonyl (C=O) groups is 2. The highest BCUT2D eigenvalue weighted by molar-refractivity contribution is 7.92. The summed E-state index contributed by atoms with van der Waals surface area (Å²) in [7, 11) is -2.14. The van der Waals surface area contributed by atoms with Gasteiger partial charge in [-0.25, -0.2) is 8.42 Å². The minimum atomic E-state index is -3.62. The maximum absolute atomic E-state index is 13.2. The molecule has 1 N–H and O–H groups in total. The Morgan fingerprint density at radius 3 is 2.28 bits per heavy atom. The lowest BCUT2D eigenvalue weighted by molar-refractivity contribution is -0.140. The lowest BCUT2D eigenvalue weighted by atomic mass is 10.1. The van der Waals surface area contributed by atoms with Crippen LogP contribution in [0.2, 0.25) is 5.02 Å². The van der Waals surface area contributed by atoms with Crippen molar-refractivity contribution in [1.82, 2.24) is 10.2 Å². The summed E-state index contributed by atoms with van der Waals surface area (Å²) in [6.07, 6.45) is 2.07. The number of nitrogens with one attached hydrogen (secondary N) is 1. The molecule has 0 bridgehead atoms. The second kappa shape index (κ2) is 13.5. The lowest BCUT2D eigenvalue weighted by Crippen LogP contribution is -2.50. The highest BCUT2D eigenvalue weighted by Crippen LogP contribution is 2.30. The predicted octanol–water partition coefficient (Wildman–Crippen LogP) is 3.88. The number of hydrogen-bond acceptors (Lipinski definition) is 5. The molecular weight excluding hydrogens is 502 g/mol. The zero-order chi connectivity index (χ0) is 26.9. The molecule has 0 aromatic heterocycles. The molecule has 0 spiro atoms. The molecular formula is C26H36ClN3O5S. The van der Waals surface area contributed by atoms with Gasteiger partial charge in [-0.15, -0.1) is 0 Å². The van der Waals surface area contributed by atoms with Crippen molar-refractivity contribution < 1.29 is 22.7 Å². The summed E-state index contributed by atoms with van der Waals surface area (Å²) >= 11 is 6.19. The Morgan fingerprint density at radius 1 is 1.06 bits per heavy atom. The fraction of sp³-hybridized carbons (Fsp3) is 0.462. The van der Waals surface area contributed by atoms with Crippen molar-refractivity contribution in [3.05, 3.63) is 59.1 Å². The number of methoxy groups -OCH3 is 1. The van der Waals surface area contributed by atoms with Crippen LogP contribution in [0.3, 0.4) is 0 Å². The van der Waals surface area contributed by atoms with Crippen molar-refractivity contribution in [1.29, 1.82) is 0 Å². The van der Waals surface area contributed by atoms with E-state index in [2.05, 4.69) is 5.32 Å². The van der Waals surface area contributed by atoms with Gasteiger partial charge in [-0.2, -0.15) is 0 Å². The van der Waals surface area contributed by atoms with E-state index in [4.69, 9.17) is 16.3 Å². The molecule has 36 heavy (non-hydrogen) atoms. The largest absolute Gasteiger partial charge is 0.495 e. The van der Waals surface area contributed by atoms with Crippen LogP contribution in [0.5, 0.6) is 5.75 Å². The van der Waals surface area contributed by atoms with Crippen LogP contribution in [0.4, 0.5) is 5.69 Å². The number of ether oxygens (including phenoxy) is 1. The first-order chi connectivity index (χ1) is 16.9. The third kappa shape index (κ3) is 8.71. The van der Waals surface area contributed by atoms with E-state index in [9.17, 15) is 18.0 Å². The summed E-state index contributed by atoms with van der Waals surface area (Å²) in [5.74, 6) is 0.00219. The van der Waals surface area contributed by atoms with Crippen molar-refractivity contribution >= 4 is 39.1 Å². The third-order valence-electron chi connectivity index (χ3n) is 5.66. The molecule has 8 nitrogen and oxygen atoms in total. The van der Waals surface area contributed by atoms with Crippen LogP contribution in [0, 0.1) is 0 Å². The fourth-order valence-electron chi connectivity index (χ4n) is 3.79. The van der Waals surface area contributed by atoms with E-state index in [0.717, 1.165) is 11.8 Å². The first-order valence-electron chi connectivity index (χ1n) is 11.9. The average molecular weight is 538 g/mol. The van der Waals surface area contributed by atoms with Crippen molar-refractivity contribution in [2.75, 3.05) is 30.8 Å².